The number of hydrogen-bond acceptors (Lipinski definition) is 5. The molecule has 0 aliphatic carbocycles. The first-order valence-corrected chi connectivity index (χ1v) is 8.94. The molecule has 0 saturated heterocycles. The summed E-state index contributed by atoms with van der Waals surface area (Å²) in [5.41, 5.74) is 3.41. The Kier molecular flexibility index (Phi) is 5.68. The highest BCUT2D eigenvalue weighted by Crippen LogP contribution is 2.33. The van der Waals surface area contributed by atoms with Gasteiger partial charge in [0, 0.05) is 10.0 Å². The minimum Gasteiger partial charge on any atom is -0.488 e. The predicted molar refractivity (Wildman–Crippen MR) is 101 cm³/mol. The number of halogens is 1. The average molecular weight is 416 g/mol. The molecule has 0 spiro atoms. The molecule has 0 aliphatic rings. The molecule has 1 heterocycles. The van der Waals surface area contributed by atoms with Gasteiger partial charge in [-0.15, -0.1) is 5.10 Å². The molecule has 1 N–H and O–H groups in total. The summed E-state index contributed by atoms with van der Waals surface area (Å²) in [4.78, 5) is 12.1. The number of nitrogens with one attached hydrogen (secondary N) is 1. The molecule has 7 heteroatoms. The zero-order chi connectivity index (χ0) is 18.5. The summed E-state index contributed by atoms with van der Waals surface area (Å²) in [6.07, 6.45) is 0. The zero-order valence-electron chi connectivity index (χ0n) is 14.5. The van der Waals surface area contributed by atoms with Crippen LogP contribution in [-0.4, -0.2) is 28.0 Å². The Hall–Kier alpha value is -2.67. The molecule has 0 bridgehead atoms. The second-order valence-corrected chi connectivity index (χ2v) is 6.58. The molecule has 3 aromatic rings. The fourth-order valence-corrected chi connectivity index (χ4v) is 2.90. The molecule has 0 saturated carbocycles. The lowest BCUT2D eigenvalue weighted by atomic mass is 10.1. The number of hydrogen-bond donors (Lipinski definition) is 1. The van der Waals surface area contributed by atoms with Crippen LogP contribution >= 0.6 is 15.9 Å². The molecule has 3 rings (SSSR count). The summed E-state index contributed by atoms with van der Waals surface area (Å²) in [6.45, 7) is 4.45. The molecule has 2 aromatic carbocycles. The van der Waals surface area contributed by atoms with Gasteiger partial charge in [-0.25, -0.2) is 4.79 Å². The number of rotatable bonds is 6. The third kappa shape index (κ3) is 4.11. The summed E-state index contributed by atoms with van der Waals surface area (Å²) in [5.74, 6) is 0.0787. The zero-order valence-corrected chi connectivity index (χ0v) is 16.0. The van der Waals surface area contributed by atoms with E-state index < -0.39 is 5.97 Å². The van der Waals surface area contributed by atoms with Crippen LogP contribution in [0.4, 0.5) is 0 Å². The van der Waals surface area contributed by atoms with Crippen molar-refractivity contribution in [1.29, 1.82) is 0 Å². The van der Waals surface area contributed by atoms with E-state index in [1.54, 1.807) is 6.92 Å². The number of aryl methyl sites for hydroxylation is 1. The maximum absolute atomic E-state index is 12.1. The topological polar surface area (TPSA) is 77.1 Å². The highest BCUT2D eigenvalue weighted by atomic mass is 79.9. The Balaban J connectivity index is 1.92. The Bertz CT molecular complexity index is 924. The van der Waals surface area contributed by atoms with Crippen LogP contribution in [0, 0.1) is 6.92 Å². The van der Waals surface area contributed by atoms with Gasteiger partial charge < -0.3 is 9.47 Å². The smallest absolute Gasteiger partial charge is 0.361 e. The number of benzene rings is 2. The maximum atomic E-state index is 12.1. The van der Waals surface area contributed by atoms with E-state index in [4.69, 9.17) is 9.47 Å². The number of carbonyl (C=O) groups excluding carboxylic acids is 1. The molecule has 0 atom stereocenters. The molecule has 0 aliphatic heterocycles. The Morgan fingerprint density at radius 1 is 1.19 bits per heavy atom. The minimum absolute atomic E-state index is 0.130. The summed E-state index contributed by atoms with van der Waals surface area (Å²) in [7, 11) is 0. The molecule has 0 amide bonds. The Morgan fingerprint density at radius 2 is 2.04 bits per heavy atom. The lowest BCUT2D eigenvalue weighted by Crippen LogP contribution is -2.07. The average Bonchev–Trinajstić information content (AvgIpc) is 3.10. The maximum Gasteiger partial charge on any atom is 0.361 e. The van der Waals surface area contributed by atoms with Gasteiger partial charge in [0.25, 0.3) is 0 Å². The summed E-state index contributed by atoms with van der Waals surface area (Å²) in [6, 6.07) is 13.6. The van der Waals surface area contributed by atoms with Gasteiger partial charge >= 0.3 is 5.97 Å². The van der Waals surface area contributed by atoms with Crippen LogP contribution in [0.3, 0.4) is 0 Å². The van der Waals surface area contributed by atoms with Crippen LogP contribution in [0.15, 0.2) is 46.9 Å². The second kappa shape index (κ2) is 8.14. The van der Waals surface area contributed by atoms with E-state index in [2.05, 4.69) is 37.4 Å². The molecule has 6 nitrogen and oxygen atoms in total. The quantitative estimate of drug-likeness (QED) is 0.607. The van der Waals surface area contributed by atoms with Crippen molar-refractivity contribution in [3.63, 3.8) is 0 Å². The molecular formula is C19H18BrN3O3. The van der Waals surface area contributed by atoms with Gasteiger partial charge in [0.1, 0.15) is 18.1 Å². The number of H-pyrrole nitrogens is 1. The van der Waals surface area contributed by atoms with E-state index in [1.807, 2.05) is 43.3 Å². The van der Waals surface area contributed by atoms with Crippen molar-refractivity contribution in [3.8, 4) is 17.0 Å². The normalized spacial score (nSPS) is 10.6. The van der Waals surface area contributed by atoms with Crippen LogP contribution in [0.2, 0.25) is 0 Å². The SMILES string of the molecule is CCOC(=O)c1n[nH]nc1-c1cc(Br)ccc1OCc1cccc(C)c1. The lowest BCUT2D eigenvalue weighted by molar-refractivity contribution is 0.0520. The minimum atomic E-state index is -0.527. The van der Waals surface area contributed by atoms with Crippen molar-refractivity contribution in [2.75, 3.05) is 6.61 Å². The van der Waals surface area contributed by atoms with Gasteiger partial charge in [-0.3, -0.25) is 0 Å². The van der Waals surface area contributed by atoms with Crippen molar-refractivity contribution < 1.29 is 14.3 Å². The number of carbonyl (C=O) groups is 1. The molecule has 1 aromatic heterocycles. The van der Waals surface area contributed by atoms with E-state index in [9.17, 15) is 4.79 Å². The van der Waals surface area contributed by atoms with Gasteiger partial charge in [0.05, 0.1) is 6.61 Å². The lowest BCUT2D eigenvalue weighted by Gasteiger charge is -2.12. The van der Waals surface area contributed by atoms with E-state index in [0.29, 0.717) is 23.6 Å². The van der Waals surface area contributed by atoms with Gasteiger partial charge in [-0.2, -0.15) is 10.3 Å². The third-order valence-electron chi connectivity index (χ3n) is 3.69. The second-order valence-electron chi connectivity index (χ2n) is 5.66. The molecule has 0 fully saturated rings. The Labute approximate surface area is 159 Å². The van der Waals surface area contributed by atoms with Crippen molar-refractivity contribution in [2.45, 2.75) is 20.5 Å². The first kappa shape index (κ1) is 18.1. The molecule has 26 heavy (non-hydrogen) atoms. The predicted octanol–water partition coefficient (Wildman–Crippen LogP) is 4.30. The third-order valence-corrected chi connectivity index (χ3v) is 4.18. The number of ether oxygens (including phenoxy) is 2. The summed E-state index contributed by atoms with van der Waals surface area (Å²) >= 11 is 3.45. The Morgan fingerprint density at radius 3 is 2.81 bits per heavy atom. The largest absolute Gasteiger partial charge is 0.488 e. The van der Waals surface area contributed by atoms with E-state index in [0.717, 1.165) is 10.0 Å². The van der Waals surface area contributed by atoms with Crippen LogP contribution < -0.4 is 4.74 Å². The van der Waals surface area contributed by atoms with Crippen LogP contribution in [0.25, 0.3) is 11.3 Å². The van der Waals surface area contributed by atoms with E-state index >= 15 is 0 Å². The first-order valence-electron chi connectivity index (χ1n) is 8.14. The van der Waals surface area contributed by atoms with Gasteiger partial charge in [0.2, 0.25) is 0 Å². The molecule has 0 unspecified atom stereocenters. The molecule has 0 radical (unpaired) electrons. The number of esters is 1. The summed E-state index contributed by atoms with van der Waals surface area (Å²) in [5, 5.41) is 10.5. The van der Waals surface area contributed by atoms with Crippen LogP contribution in [0.1, 0.15) is 28.5 Å². The van der Waals surface area contributed by atoms with Gasteiger partial charge in [0.15, 0.2) is 5.69 Å². The summed E-state index contributed by atoms with van der Waals surface area (Å²) < 4.78 is 11.9. The number of nitrogens with zero attached hydrogens (tertiary/aromatic N) is 2. The molecule has 134 valence electrons. The van der Waals surface area contributed by atoms with Gasteiger partial charge in [-0.1, -0.05) is 45.8 Å². The number of aromatic amines is 1. The number of aromatic nitrogens is 3. The van der Waals surface area contributed by atoms with E-state index in [-0.39, 0.29) is 12.3 Å². The fourth-order valence-electron chi connectivity index (χ4n) is 2.54. The van der Waals surface area contributed by atoms with Crippen molar-refractivity contribution in [1.82, 2.24) is 15.4 Å². The van der Waals surface area contributed by atoms with E-state index in [1.165, 1.54) is 5.56 Å². The molecular weight excluding hydrogens is 398 g/mol. The van der Waals surface area contributed by atoms with Crippen molar-refractivity contribution >= 4 is 21.9 Å². The standard InChI is InChI=1S/C19H18BrN3O3/c1-3-25-19(24)18-17(21-23-22-18)15-10-14(20)7-8-16(15)26-11-13-6-4-5-12(2)9-13/h4-10H,3,11H2,1-2H3,(H,21,22,23). The van der Waals surface area contributed by atoms with Crippen LogP contribution in [0.5, 0.6) is 5.75 Å². The highest BCUT2D eigenvalue weighted by molar-refractivity contribution is 9.10. The first-order chi connectivity index (χ1) is 12.6. The van der Waals surface area contributed by atoms with Gasteiger partial charge in [-0.05, 0) is 37.6 Å². The van der Waals surface area contributed by atoms with Crippen LogP contribution in [-0.2, 0) is 11.3 Å². The highest BCUT2D eigenvalue weighted by Gasteiger charge is 2.22. The fraction of sp³-hybridized carbons (Fsp3) is 0.211. The monoisotopic (exact) mass is 415 g/mol. The van der Waals surface area contributed by atoms with Crippen molar-refractivity contribution in [3.05, 3.63) is 63.8 Å². The van der Waals surface area contributed by atoms with Crippen molar-refractivity contribution in [2.24, 2.45) is 0 Å².